The largest absolute Gasteiger partial charge is 0.497 e. The van der Waals surface area contributed by atoms with Crippen LogP contribution in [0.5, 0.6) is 5.75 Å². The quantitative estimate of drug-likeness (QED) is 0.677. The van der Waals surface area contributed by atoms with Gasteiger partial charge >= 0.3 is 0 Å². The highest BCUT2D eigenvalue weighted by atomic mass is 79.9. The molecule has 0 atom stereocenters. The first-order chi connectivity index (χ1) is 9.29. The van der Waals surface area contributed by atoms with Crippen molar-refractivity contribution >= 4 is 27.8 Å². The Morgan fingerprint density at radius 3 is 2.84 bits per heavy atom. The summed E-state index contributed by atoms with van der Waals surface area (Å²) in [5.41, 5.74) is 4.98. The highest BCUT2D eigenvalue weighted by molar-refractivity contribution is 9.10. The predicted octanol–water partition coefficient (Wildman–Crippen LogP) is 3.49. The molecule has 19 heavy (non-hydrogen) atoms. The summed E-state index contributed by atoms with van der Waals surface area (Å²) < 4.78 is 6.24. The molecule has 0 aliphatic carbocycles. The predicted molar refractivity (Wildman–Crippen MR) is 80.7 cm³/mol. The third-order valence-corrected chi connectivity index (χ3v) is 3.30. The maximum Gasteiger partial charge on any atom is 0.119 e. The monoisotopic (exact) mass is 319 g/mol. The van der Waals surface area contributed by atoms with Gasteiger partial charge in [0.25, 0.3) is 0 Å². The van der Waals surface area contributed by atoms with Gasteiger partial charge in [0.15, 0.2) is 0 Å². The van der Waals surface area contributed by atoms with Crippen LogP contribution >= 0.6 is 15.9 Å². The Labute approximate surface area is 120 Å². The fourth-order valence-electron chi connectivity index (χ4n) is 1.53. The molecule has 5 heteroatoms. The van der Waals surface area contributed by atoms with Crippen molar-refractivity contribution < 1.29 is 4.74 Å². The maximum atomic E-state index is 5.20. The fraction of sp³-hybridized carbons (Fsp3) is 0.143. The van der Waals surface area contributed by atoms with Crippen molar-refractivity contribution in [1.29, 1.82) is 0 Å². The van der Waals surface area contributed by atoms with Gasteiger partial charge in [-0.25, -0.2) is 0 Å². The van der Waals surface area contributed by atoms with E-state index in [0.717, 1.165) is 27.9 Å². The Hall–Kier alpha value is -1.88. The number of methoxy groups -OCH3 is 1. The number of hydrazone groups is 1. The molecule has 4 nitrogen and oxygen atoms in total. The Kier molecular flexibility index (Phi) is 4.92. The van der Waals surface area contributed by atoms with Crippen LogP contribution < -0.4 is 10.2 Å². The second-order valence-corrected chi connectivity index (χ2v) is 4.68. The number of aromatic nitrogens is 1. The van der Waals surface area contributed by atoms with Gasteiger partial charge in [-0.2, -0.15) is 5.10 Å². The van der Waals surface area contributed by atoms with Crippen molar-refractivity contribution in [3.8, 4) is 5.75 Å². The summed E-state index contributed by atoms with van der Waals surface area (Å²) in [7, 11) is 1.66. The van der Waals surface area contributed by atoms with Gasteiger partial charge in [-0.1, -0.05) is 15.9 Å². The topological polar surface area (TPSA) is 46.5 Å². The number of rotatable bonds is 5. The summed E-state index contributed by atoms with van der Waals surface area (Å²) in [5, 5.41) is 4.17. The Balaban J connectivity index is 1.95. The minimum Gasteiger partial charge on any atom is -0.497 e. The molecular weight excluding hydrogens is 306 g/mol. The van der Waals surface area contributed by atoms with Crippen LogP contribution in [0.1, 0.15) is 5.56 Å². The van der Waals surface area contributed by atoms with Crippen molar-refractivity contribution in [1.82, 2.24) is 4.98 Å². The number of halogens is 1. The summed E-state index contributed by atoms with van der Waals surface area (Å²) >= 11 is 3.51. The van der Waals surface area contributed by atoms with Crippen LogP contribution in [0.15, 0.2) is 52.3 Å². The lowest BCUT2D eigenvalue weighted by atomic mass is 10.1. The van der Waals surface area contributed by atoms with E-state index in [-0.39, 0.29) is 0 Å². The standard InChI is InChI=1S/C14H14BrN3O/c1-19-13-2-3-14(15)11(10-13)4-9-17-18-12-5-7-16-8-6-12/h2-3,5-10H,4H2,1H3,(H,16,18)/b17-9+. The Morgan fingerprint density at radius 1 is 1.32 bits per heavy atom. The van der Waals surface area contributed by atoms with Crippen LogP contribution in [0, 0.1) is 0 Å². The van der Waals surface area contributed by atoms with Crippen LogP contribution in [-0.4, -0.2) is 18.3 Å². The molecule has 0 radical (unpaired) electrons. The molecule has 0 saturated heterocycles. The number of nitrogens with zero attached hydrogens (tertiary/aromatic N) is 2. The Bertz CT molecular complexity index is 558. The van der Waals surface area contributed by atoms with E-state index >= 15 is 0 Å². The number of nitrogens with one attached hydrogen (secondary N) is 1. The van der Waals surface area contributed by atoms with Gasteiger partial charge in [0.1, 0.15) is 5.75 Å². The van der Waals surface area contributed by atoms with Gasteiger partial charge in [-0.15, -0.1) is 0 Å². The second kappa shape index (κ2) is 6.89. The fourth-order valence-corrected chi connectivity index (χ4v) is 1.93. The van der Waals surface area contributed by atoms with Crippen LogP contribution in [-0.2, 0) is 6.42 Å². The molecule has 0 aliphatic rings. The number of benzene rings is 1. The van der Waals surface area contributed by atoms with Crippen LogP contribution in [0.4, 0.5) is 5.69 Å². The molecule has 1 aromatic heterocycles. The molecule has 0 aliphatic heterocycles. The summed E-state index contributed by atoms with van der Waals surface area (Å²) in [6.45, 7) is 0. The minimum atomic E-state index is 0.718. The number of hydrogen-bond donors (Lipinski definition) is 1. The van der Waals surface area contributed by atoms with E-state index in [1.54, 1.807) is 19.5 Å². The van der Waals surface area contributed by atoms with Gasteiger partial charge in [0, 0.05) is 29.5 Å². The number of hydrogen-bond acceptors (Lipinski definition) is 4. The molecule has 0 fully saturated rings. The molecule has 0 saturated carbocycles. The SMILES string of the molecule is COc1ccc(Br)c(C/C=N/Nc2ccncc2)c1. The summed E-state index contributed by atoms with van der Waals surface area (Å²) in [4.78, 5) is 3.94. The van der Waals surface area contributed by atoms with Crippen molar-refractivity contribution in [3.63, 3.8) is 0 Å². The van der Waals surface area contributed by atoms with Gasteiger partial charge in [-0.05, 0) is 35.9 Å². The van der Waals surface area contributed by atoms with Gasteiger partial charge < -0.3 is 4.74 Å². The zero-order valence-corrected chi connectivity index (χ0v) is 12.1. The summed E-state index contributed by atoms with van der Waals surface area (Å²) in [6, 6.07) is 9.60. The first-order valence-corrected chi connectivity index (χ1v) is 6.59. The molecule has 98 valence electrons. The first kappa shape index (κ1) is 13.5. The summed E-state index contributed by atoms with van der Waals surface area (Å²) in [6.07, 6.45) is 5.98. The first-order valence-electron chi connectivity index (χ1n) is 5.79. The zero-order valence-electron chi connectivity index (χ0n) is 10.5. The molecule has 1 heterocycles. The molecule has 0 spiro atoms. The van der Waals surface area contributed by atoms with Crippen molar-refractivity contribution in [2.75, 3.05) is 12.5 Å². The number of anilines is 1. The molecule has 2 aromatic rings. The van der Waals surface area contributed by atoms with E-state index in [1.165, 1.54) is 0 Å². The highest BCUT2D eigenvalue weighted by Gasteiger charge is 2.00. The van der Waals surface area contributed by atoms with E-state index in [4.69, 9.17) is 4.74 Å². The molecule has 1 N–H and O–H groups in total. The van der Waals surface area contributed by atoms with Crippen molar-refractivity contribution in [3.05, 3.63) is 52.8 Å². The van der Waals surface area contributed by atoms with E-state index < -0.39 is 0 Å². The minimum absolute atomic E-state index is 0.718. The molecule has 2 rings (SSSR count). The average Bonchev–Trinajstić information content (AvgIpc) is 2.46. The lowest BCUT2D eigenvalue weighted by molar-refractivity contribution is 0.414. The molecule has 0 unspecified atom stereocenters. The third kappa shape index (κ3) is 4.06. The maximum absolute atomic E-state index is 5.20. The second-order valence-electron chi connectivity index (χ2n) is 3.82. The van der Waals surface area contributed by atoms with E-state index in [9.17, 15) is 0 Å². The third-order valence-electron chi connectivity index (χ3n) is 2.53. The lowest BCUT2D eigenvalue weighted by Gasteiger charge is -2.04. The van der Waals surface area contributed by atoms with Crippen LogP contribution in [0.3, 0.4) is 0 Å². The average molecular weight is 320 g/mol. The Morgan fingerprint density at radius 2 is 2.11 bits per heavy atom. The molecule has 0 amide bonds. The van der Waals surface area contributed by atoms with Crippen LogP contribution in [0.25, 0.3) is 0 Å². The van der Waals surface area contributed by atoms with Gasteiger partial charge in [0.2, 0.25) is 0 Å². The van der Waals surface area contributed by atoms with E-state index in [2.05, 4.69) is 31.4 Å². The normalized spacial score (nSPS) is 10.6. The van der Waals surface area contributed by atoms with Crippen LogP contribution in [0.2, 0.25) is 0 Å². The molecule has 1 aromatic carbocycles. The van der Waals surface area contributed by atoms with E-state index in [0.29, 0.717) is 0 Å². The van der Waals surface area contributed by atoms with Gasteiger partial charge in [-0.3, -0.25) is 10.4 Å². The van der Waals surface area contributed by atoms with Gasteiger partial charge in [0.05, 0.1) is 12.8 Å². The lowest BCUT2D eigenvalue weighted by Crippen LogP contribution is -1.94. The number of ether oxygens (including phenoxy) is 1. The van der Waals surface area contributed by atoms with E-state index in [1.807, 2.05) is 36.5 Å². The summed E-state index contributed by atoms with van der Waals surface area (Å²) in [5.74, 6) is 0.841. The van der Waals surface area contributed by atoms with Crippen molar-refractivity contribution in [2.24, 2.45) is 5.10 Å². The molecule has 0 bridgehead atoms. The molecular formula is C14H14BrN3O. The highest BCUT2D eigenvalue weighted by Crippen LogP contribution is 2.22. The van der Waals surface area contributed by atoms with Crippen molar-refractivity contribution in [2.45, 2.75) is 6.42 Å². The number of pyridine rings is 1. The zero-order chi connectivity index (χ0) is 13.5. The smallest absolute Gasteiger partial charge is 0.119 e.